The molecule has 0 spiro atoms. The summed E-state index contributed by atoms with van der Waals surface area (Å²) in [5, 5.41) is 5.83. The monoisotopic (exact) mass is 461 g/mol. The molecule has 0 saturated carbocycles. The van der Waals surface area contributed by atoms with Crippen LogP contribution in [-0.2, 0) is 4.74 Å². The lowest BCUT2D eigenvalue weighted by Crippen LogP contribution is -2.39. The molecule has 1 saturated heterocycles. The topological polar surface area (TPSA) is 63.5 Å². The summed E-state index contributed by atoms with van der Waals surface area (Å²) < 4.78 is 8.29. The highest BCUT2D eigenvalue weighted by atomic mass is 35.5. The van der Waals surface area contributed by atoms with Crippen LogP contribution in [0, 0.1) is 6.92 Å². The minimum absolute atomic E-state index is 0.125. The number of aryl methyl sites for hydroxylation is 1. The van der Waals surface area contributed by atoms with Crippen molar-refractivity contribution < 1.29 is 9.53 Å². The maximum absolute atomic E-state index is 13.5. The van der Waals surface area contributed by atoms with Crippen LogP contribution in [0.15, 0.2) is 24.3 Å². The molecular formula is C22H28ClN5O2S. The zero-order chi connectivity index (χ0) is 22.0. The molecule has 0 aliphatic carbocycles. The van der Waals surface area contributed by atoms with Crippen molar-refractivity contribution in [1.82, 2.24) is 19.7 Å². The first-order valence-corrected chi connectivity index (χ1v) is 11.9. The Balaban J connectivity index is 1.60. The number of hydrogen-bond donors (Lipinski definition) is 0. The number of carbonyl (C=O) groups is 1. The summed E-state index contributed by atoms with van der Waals surface area (Å²) in [7, 11) is 0. The third-order valence-electron chi connectivity index (χ3n) is 5.42. The maximum Gasteiger partial charge on any atom is 0.280 e. The number of fused-ring (bicyclic) bond motifs is 1. The predicted octanol–water partition coefficient (Wildman–Crippen LogP) is 4.40. The molecular weight excluding hydrogens is 434 g/mol. The Morgan fingerprint density at radius 3 is 2.77 bits per heavy atom. The standard InChI is InChI=1S/C22H28ClN5O2S/c1-15(2)28-16(3)14-18(25-28)21(29)27(9-5-8-26-10-12-30-13-11-26)22-24-20-17(23)6-4-7-19(20)31-22/h4,6-7,14-15H,5,8-13H2,1-3H3. The summed E-state index contributed by atoms with van der Waals surface area (Å²) in [4.78, 5) is 22.4. The van der Waals surface area contributed by atoms with E-state index in [1.807, 2.05) is 35.9 Å². The summed E-state index contributed by atoms with van der Waals surface area (Å²) in [5.41, 5.74) is 2.15. The van der Waals surface area contributed by atoms with Gasteiger partial charge in [-0.05, 0) is 45.4 Å². The van der Waals surface area contributed by atoms with Crippen molar-refractivity contribution in [2.24, 2.45) is 0 Å². The average Bonchev–Trinajstić information content (AvgIpc) is 3.36. The van der Waals surface area contributed by atoms with Crippen LogP contribution < -0.4 is 4.90 Å². The molecule has 166 valence electrons. The third-order valence-corrected chi connectivity index (χ3v) is 6.77. The van der Waals surface area contributed by atoms with Gasteiger partial charge in [-0.3, -0.25) is 19.3 Å². The summed E-state index contributed by atoms with van der Waals surface area (Å²) in [6.45, 7) is 11.0. The maximum atomic E-state index is 13.5. The Kier molecular flexibility index (Phi) is 6.91. The van der Waals surface area contributed by atoms with Crippen LogP contribution >= 0.6 is 22.9 Å². The number of morpholine rings is 1. The molecule has 0 unspecified atom stereocenters. The molecule has 1 amide bonds. The second-order valence-electron chi connectivity index (χ2n) is 8.06. The van der Waals surface area contributed by atoms with Crippen LogP contribution in [-0.4, -0.2) is 65.0 Å². The Morgan fingerprint density at radius 1 is 1.32 bits per heavy atom. The van der Waals surface area contributed by atoms with E-state index in [1.54, 1.807) is 4.90 Å². The number of halogens is 1. The van der Waals surface area contributed by atoms with E-state index in [0.29, 0.717) is 22.4 Å². The van der Waals surface area contributed by atoms with E-state index in [9.17, 15) is 4.79 Å². The summed E-state index contributed by atoms with van der Waals surface area (Å²) in [6.07, 6.45) is 0.846. The zero-order valence-electron chi connectivity index (χ0n) is 18.2. The van der Waals surface area contributed by atoms with Gasteiger partial charge in [-0.2, -0.15) is 5.10 Å². The van der Waals surface area contributed by atoms with Crippen LogP contribution in [0.25, 0.3) is 10.2 Å². The highest BCUT2D eigenvalue weighted by Gasteiger charge is 2.25. The van der Waals surface area contributed by atoms with E-state index in [4.69, 9.17) is 21.3 Å². The summed E-state index contributed by atoms with van der Waals surface area (Å²) in [5.74, 6) is -0.125. The van der Waals surface area contributed by atoms with Gasteiger partial charge in [0.05, 0.1) is 22.9 Å². The molecule has 0 atom stereocenters. The first-order chi connectivity index (χ1) is 14.9. The molecule has 4 rings (SSSR count). The highest BCUT2D eigenvalue weighted by molar-refractivity contribution is 7.22. The van der Waals surface area contributed by atoms with Gasteiger partial charge in [0.2, 0.25) is 0 Å². The van der Waals surface area contributed by atoms with E-state index < -0.39 is 0 Å². The minimum atomic E-state index is -0.125. The van der Waals surface area contributed by atoms with E-state index >= 15 is 0 Å². The molecule has 0 bridgehead atoms. The summed E-state index contributed by atoms with van der Waals surface area (Å²) in [6, 6.07) is 7.77. The van der Waals surface area contributed by atoms with Crippen LogP contribution in [0.3, 0.4) is 0 Å². The van der Waals surface area contributed by atoms with Crippen LogP contribution in [0.4, 0.5) is 5.13 Å². The van der Waals surface area contributed by atoms with Crippen LogP contribution in [0.1, 0.15) is 42.5 Å². The lowest BCUT2D eigenvalue weighted by atomic mass is 10.3. The number of nitrogens with zero attached hydrogens (tertiary/aromatic N) is 5. The van der Waals surface area contributed by atoms with Gasteiger partial charge in [0.15, 0.2) is 10.8 Å². The molecule has 1 aliphatic rings. The molecule has 3 aromatic rings. The quantitative estimate of drug-likeness (QED) is 0.521. The van der Waals surface area contributed by atoms with E-state index in [2.05, 4.69) is 23.8 Å². The van der Waals surface area contributed by atoms with Gasteiger partial charge in [-0.15, -0.1) is 0 Å². The van der Waals surface area contributed by atoms with Crippen LogP contribution in [0.5, 0.6) is 0 Å². The van der Waals surface area contributed by atoms with Gasteiger partial charge >= 0.3 is 0 Å². The number of ether oxygens (including phenoxy) is 1. The van der Waals surface area contributed by atoms with Crippen molar-refractivity contribution in [3.8, 4) is 0 Å². The van der Waals surface area contributed by atoms with Crippen molar-refractivity contribution in [3.05, 3.63) is 40.7 Å². The van der Waals surface area contributed by atoms with Crippen molar-refractivity contribution in [2.75, 3.05) is 44.3 Å². The number of thiazole rings is 1. The fourth-order valence-electron chi connectivity index (χ4n) is 3.83. The zero-order valence-corrected chi connectivity index (χ0v) is 19.7. The molecule has 1 aromatic carbocycles. The normalized spacial score (nSPS) is 15.1. The van der Waals surface area contributed by atoms with Crippen molar-refractivity contribution in [3.63, 3.8) is 0 Å². The van der Waals surface area contributed by atoms with Gasteiger partial charge in [-0.1, -0.05) is 29.0 Å². The van der Waals surface area contributed by atoms with Gasteiger partial charge in [0, 0.05) is 37.9 Å². The van der Waals surface area contributed by atoms with Gasteiger partial charge in [0.25, 0.3) is 5.91 Å². The van der Waals surface area contributed by atoms with Crippen molar-refractivity contribution in [1.29, 1.82) is 0 Å². The molecule has 1 fully saturated rings. The first-order valence-electron chi connectivity index (χ1n) is 10.7. The van der Waals surface area contributed by atoms with E-state index in [1.165, 1.54) is 11.3 Å². The molecule has 2 aromatic heterocycles. The number of aromatic nitrogens is 3. The molecule has 0 radical (unpaired) electrons. The van der Waals surface area contributed by atoms with Crippen molar-refractivity contribution >= 4 is 44.2 Å². The SMILES string of the molecule is Cc1cc(C(=O)N(CCCN2CCOCC2)c2nc3c(Cl)cccc3s2)nn1C(C)C. The number of hydrogen-bond acceptors (Lipinski definition) is 6. The average molecular weight is 462 g/mol. The summed E-state index contributed by atoms with van der Waals surface area (Å²) >= 11 is 7.83. The van der Waals surface area contributed by atoms with E-state index in [0.717, 1.165) is 55.2 Å². The second-order valence-corrected chi connectivity index (χ2v) is 9.47. The minimum Gasteiger partial charge on any atom is -0.379 e. The fourth-order valence-corrected chi connectivity index (χ4v) is 5.12. The Labute approximate surface area is 191 Å². The number of anilines is 1. The number of carbonyl (C=O) groups excluding carboxylic acids is 1. The molecule has 31 heavy (non-hydrogen) atoms. The smallest absolute Gasteiger partial charge is 0.280 e. The number of amides is 1. The fraction of sp³-hybridized carbons (Fsp3) is 0.500. The van der Waals surface area contributed by atoms with Crippen molar-refractivity contribution in [2.45, 2.75) is 33.2 Å². The number of benzene rings is 1. The highest BCUT2D eigenvalue weighted by Crippen LogP contribution is 2.33. The Hall–Kier alpha value is -2.00. The lowest BCUT2D eigenvalue weighted by Gasteiger charge is -2.27. The molecule has 9 heteroatoms. The molecule has 7 nitrogen and oxygen atoms in total. The molecule has 3 heterocycles. The first kappa shape index (κ1) is 22.2. The molecule has 1 aliphatic heterocycles. The predicted molar refractivity (Wildman–Crippen MR) is 126 cm³/mol. The second kappa shape index (κ2) is 9.65. The largest absolute Gasteiger partial charge is 0.379 e. The van der Waals surface area contributed by atoms with Gasteiger partial charge < -0.3 is 4.74 Å². The number of rotatable bonds is 7. The van der Waals surface area contributed by atoms with Crippen LogP contribution in [0.2, 0.25) is 5.02 Å². The Bertz CT molecular complexity index is 1060. The third kappa shape index (κ3) is 4.92. The number of para-hydroxylation sites is 1. The van der Waals surface area contributed by atoms with Gasteiger partial charge in [0.1, 0.15) is 5.52 Å². The van der Waals surface area contributed by atoms with E-state index in [-0.39, 0.29) is 11.9 Å². The lowest BCUT2D eigenvalue weighted by molar-refractivity contribution is 0.0376. The Morgan fingerprint density at radius 2 is 2.10 bits per heavy atom. The molecule has 0 N–H and O–H groups in total. The van der Waals surface area contributed by atoms with Gasteiger partial charge in [-0.25, -0.2) is 4.98 Å².